The third kappa shape index (κ3) is 4.39. The molecule has 21 heavy (non-hydrogen) atoms. The van der Waals surface area contributed by atoms with E-state index in [0.29, 0.717) is 18.3 Å². The lowest BCUT2D eigenvalue weighted by molar-refractivity contribution is 0.607. The Labute approximate surface area is 132 Å². The molecule has 0 bridgehead atoms. The molecule has 6 heteroatoms. The van der Waals surface area contributed by atoms with Gasteiger partial charge < -0.3 is 10.2 Å². The Balaban J connectivity index is 2.15. The summed E-state index contributed by atoms with van der Waals surface area (Å²) in [5.41, 5.74) is 1.08. The minimum atomic E-state index is -0.422. The zero-order valence-corrected chi connectivity index (χ0v) is 13.7. The SMILES string of the molecule is CCCNc1ncc(F)c(N(C)Cc2cccc(Br)c2)n1. The number of nitrogens with zero attached hydrogens (tertiary/aromatic N) is 3. The second kappa shape index (κ2) is 7.36. The van der Waals surface area contributed by atoms with Gasteiger partial charge in [-0.3, -0.25) is 0 Å². The molecule has 0 fully saturated rings. The van der Waals surface area contributed by atoms with Gasteiger partial charge in [0, 0.05) is 24.6 Å². The van der Waals surface area contributed by atoms with Crippen LogP contribution in [0.4, 0.5) is 16.2 Å². The first-order chi connectivity index (χ1) is 10.1. The van der Waals surface area contributed by atoms with E-state index in [1.165, 1.54) is 6.20 Å². The Morgan fingerprint density at radius 2 is 2.19 bits per heavy atom. The molecule has 0 aliphatic heterocycles. The molecule has 0 spiro atoms. The van der Waals surface area contributed by atoms with E-state index >= 15 is 0 Å². The van der Waals surface area contributed by atoms with Gasteiger partial charge in [0.05, 0.1) is 6.20 Å². The third-order valence-corrected chi connectivity index (χ3v) is 3.42. The maximum Gasteiger partial charge on any atom is 0.224 e. The van der Waals surface area contributed by atoms with E-state index in [2.05, 4.69) is 38.1 Å². The van der Waals surface area contributed by atoms with Gasteiger partial charge >= 0.3 is 0 Å². The van der Waals surface area contributed by atoms with Crippen LogP contribution in [-0.2, 0) is 6.54 Å². The first-order valence-corrected chi connectivity index (χ1v) is 7.61. The van der Waals surface area contributed by atoms with Crippen LogP contribution < -0.4 is 10.2 Å². The Morgan fingerprint density at radius 3 is 2.90 bits per heavy atom. The molecule has 1 aromatic carbocycles. The van der Waals surface area contributed by atoms with Crippen LogP contribution in [0.3, 0.4) is 0 Å². The lowest BCUT2D eigenvalue weighted by Crippen LogP contribution is -2.20. The fourth-order valence-electron chi connectivity index (χ4n) is 1.93. The Hall–Kier alpha value is -1.69. The summed E-state index contributed by atoms with van der Waals surface area (Å²) in [5.74, 6) is 0.326. The van der Waals surface area contributed by atoms with E-state index in [0.717, 1.165) is 23.0 Å². The maximum absolute atomic E-state index is 13.9. The van der Waals surface area contributed by atoms with Crippen molar-refractivity contribution >= 4 is 27.7 Å². The van der Waals surface area contributed by atoms with Crippen molar-refractivity contribution in [2.75, 3.05) is 23.8 Å². The average molecular weight is 353 g/mol. The predicted molar refractivity (Wildman–Crippen MR) is 87.0 cm³/mol. The highest BCUT2D eigenvalue weighted by Crippen LogP contribution is 2.19. The van der Waals surface area contributed by atoms with Crippen LogP contribution in [-0.4, -0.2) is 23.6 Å². The minimum absolute atomic E-state index is 0.295. The highest BCUT2D eigenvalue weighted by atomic mass is 79.9. The molecule has 0 atom stereocenters. The molecule has 0 aliphatic rings. The molecule has 0 unspecified atom stereocenters. The van der Waals surface area contributed by atoms with Gasteiger partial charge in [-0.2, -0.15) is 4.98 Å². The zero-order chi connectivity index (χ0) is 15.2. The van der Waals surface area contributed by atoms with Crippen LogP contribution in [0.15, 0.2) is 34.9 Å². The highest BCUT2D eigenvalue weighted by molar-refractivity contribution is 9.10. The van der Waals surface area contributed by atoms with E-state index < -0.39 is 5.82 Å². The van der Waals surface area contributed by atoms with E-state index in [1.54, 1.807) is 4.90 Å². The monoisotopic (exact) mass is 352 g/mol. The van der Waals surface area contributed by atoms with Crippen molar-refractivity contribution in [3.63, 3.8) is 0 Å². The number of nitrogens with one attached hydrogen (secondary N) is 1. The first kappa shape index (κ1) is 15.7. The van der Waals surface area contributed by atoms with Crippen molar-refractivity contribution < 1.29 is 4.39 Å². The lowest BCUT2D eigenvalue weighted by atomic mass is 10.2. The van der Waals surface area contributed by atoms with Gasteiger partial charge in [0.25, 0.3) is 0 Å². The number of benzene rings is 1. The molecule has 0 aliphatic carbocycles. The summed E-state index contributed by atoms with van der Waals surface area (Å²) in [6.07, 6.45) is 2.17. The summed E-state index contributed by atoms with van der Waals surface area (Å²) in [6.45, 7) is 3.39. The molecule has 0 saturated carbocycles. The van der Waals surface area contributed by atoms with Crippen LogP contribution in [0.25, 0.3) is 0 Å². The maximum atomic E-state index is 13.9. The standard InChI is InChI=1S/C15H18BrFN4/c1-3-7-18-15-19-9-13(17)14(20-15)21(2)10-11-5-4-6-12(16)8-11/h4-6,8-9H,3,7,10H2,1-2H3,(H,18,19,20). The molecule has 1 N–H and O–H groups in total. The van der Waals surface area contributed by atoms with Crippen molar-refractivity contribution in [1.29, 1.82) is 0 Å². The molecular weight excluding hydrogens is 335 g/mol. The summed E-state index contributed by atoms with van der Waals surface area (Å²) in [7, 11) is 1.82. The largest absolute Gasteiger partial charge is 0.354 e. The molecule has 0 amide bonds. The van der Waals surface area contributed by atoms with Gasteiger partial charge in [-0.25, -0.2) is 9.37 Å². The minimum Gasteiger partial charge on any atom is -0.354 e. The van der Waals surface area contributed by atoms with Crippen molar-refractivity contribution in [2.24, 2.45) is 0 Å². The second-order valence-electron chi connectivity index (χ2n) is 4.78. The van der Waals surface area contributed by atoms with Crippen LogP contribution in [0.2, 0.25) is 0 Å². The van der Waals surface area contributed by atoms with Gasteiger partial charge in [0.2, 0.25) is 5.95 Å². The molecular formula is C15H18BrFN4. The van der Waals surface area contributed by atoms with Crippen LogP contribution in [0, 0.1) is 5.82 Å². The topological polar surface area (TPSA) is 41.1 Å². The second-order valence-corrected chi connectivity index (χ2v) is 5.69. The lowest BCUT2D eigenvalue weighted by Gasteiger charge is -2.19. The number of hydrogen-bond acceptors (Lipinski definition) is 4. The number of hydrogen-bond donors (Lipinski definition) is 1. The summed E-state index contributed by atoms with van der Waals surface area (Å²) in [5, 5.41) is 3.07. The molecule has 4 nitrogen and oxygen atoms in total. The third-order valence-electron chi connectivity index (χ3n) is 2.93. The fraction of sp³-hybridized carbons (Fsp3) is 0.333. The Kier molecular flexibility index (Phi) is 5.50. The first-order valence-electron chi connectivity index (χ1n) is 6.82. The fourth-order valence-corrected chi connectivity index (χ4v) is 2.38. The summed E-state index contributed by atoms with van der Waals surface area (Å²) < 4.78 is 14.9. The number of aromatic nitrogens is 2. The smallest absolute Gasteiger partial charge is 0.224 e. The van der Waals surface area contributed by atoms with Gasteiger partial charge in [-0.05, 0) is 24.1 Å². The normalized spacial score (nSPS) is 10.5. The van der Waals surface area contributed by atoms with Gasteiger partial charge in [0.1, 0.15) is 0 Å². The number of halogens is 2. The number of rotatable bonds is 6. The Bertz CT molecular complexity index is 606. The van der Waals surface area contributed by atoms with E-state index in [1.807, 2.05) is 31.3 Å². The molecule has 2 rings (SSSR count). The molecule has 0 saturated heterocycles. The number of anilines is 2. The summed E-state index contributed by atoms with van der Waals surface area (Å²) >= 11 is 3.43. The molecule has 1 heterocycles. The summed E-state index contributed by atoms with van der Waals surface area (Å²) in [4.78, 5) is 9.97. The van der Waals surface area contributed by atoms with E-state index in [9.17, 15) is 4.39 Å². The predicted octanol–water partition coefficient (Wildman–Crippen LogP) is 3.84. The quantitative estimate of drug-likeness (QED) is 0.857. The van der Waals surface area contributed by atoms with Gasteiger partial charge in [-0.1, -0.05) is 35.0 Å². The van der Waals surface area contributed by atoms with Crippen molar-refractivity contribution in [1.82, 2.24) is 9.97 Å². The Morgan fingerprint density at radius 1 is 1.38 bits per heavy atom. The zero-order valence-electron chi connectivity index (χ0n) is 12.1. The van der Waals surface area contributed by atoms with Crippen molar-refractivity contribution in [3.8, 4) is 0 Å². The van der Waals surface area contributed by atoms with Crippen LogP contribution in [0.5, 0.6) is 0 Å². The molecule has 1 aromatic heterocycles. The average Bonchev–Trinajstić information content (AvgIpc) is 2.46. The van der Waals surface area contributed by atoms with Crippen molar-refractivity contribution in [3.05, 3.63) is 46.3 Å². The molecule has 112 valence electrons. The molecule has 0 radical (unpaired) electrons. The van der Waals surface area contributed by atoms with Gasteiger partial charge in [0.15, 0.2) is 11.6 Å². The summed E-state index contributed by atoms with van der Waals surface area (Å²) in [6, 6.07) is 7.92. The van der Waals surface area contributed by atoms with Crippen LogP contribution in [0.1, 0.15) is 18.9 Å². The van der Waals surface area contributed by atoms with Crippen LogP contribution >= 0.6 is 15.9 Å². The molecule has 2 aromatic rings. The van der Waals surface area contributed by atoms with Gasteiger partial charge in [-0.15, -0.1) is 0 Å². The highest BCUT2D eigenvalue weighted by Gasteiger charge is 2.12. The van der Waals surface area contributed by atoms with Crippen molar-refractivity contribution in [2.45, 2.75) is 19.9 Å². The van der Waals surface area contributed by atoms with E-state index in [-0.39, 0.29) is 0 Å². The van der Waals surface area contributed by atoms with E-state index in [4.69, 9.17) is 0 Å².